The molecule has 0 spiro atoms. The summed E-state index contributed by atoms with van der Waals surface area (Å²) in [6.45, 7) is 1.70. The highest BCUT2D eigenvalue weighted by Crippen LogP contribution is 2.53. The summed E-state index contributed by atoms with van der Waals surface area (Å²) in [7, 11) is 0. The highest BCUT2D eigenvalue weighted by molar-refractivity contribution is 6.03. The van der Waals surface area contributed by atoms with Crippen LogP contribution in [0.5, 0.6) is 5.75 Å². The maximum atomic E-state index is 15.3. The molecule has 1 atom stereocenters. The van der Waals surface area contributed by atoms with Crippen molar-refractivity contribution in [2.45, 2.75) is 57.2 Å². The predicted octanol–water partition coefficient (Wildman–Crippen LogP) is 5.55. The molecule has 2 N–H and O–H groups in total. The third-order valence-electron chi connectivity index (χ3n) is 8.93. The first-order chi connectivity index (χ1) is 19.5. The fourth-order valence-corrected chi connectivity index (χ4v) is 6.31. The fraction of sp³-hybridized carbons (Fsp3) is 0.533. The lowest BCUT2D eigenvalue weighted by Gasteiger charge is -2.47. The summed E-state index contributed by atoms with van der Waals surface area (Å²) in [5.74, 6) is -2.53. The largest absolute Gasteiger partial charge is 0.493 e. The molecule has 3 aliphatic rings. The molecular formula is C30H34F5N3O3. The summed E-state index contributed by atoms with van der Waals surface area (Å²) in [4.78, 5) is 28.2. The third kappa shape index (κ3) is 5.91. The zero-order chi connectivity index (χ0) is 29.4. The highest BCUT2D eigenvalue weighted by Gasteiger charge is 2.58. The molecule has 3 fully saturated rings. The van der Waals surface area contributed by atoms with E-state index in [0.717, 1.165) is 6.07 Å². The minimum atomic E-state index is -4.18. The van der Waals surface area contributed by atoms with Gasteiger partial charge in [-0.15, -0.1) is 0 Å². The number of benzene rings is 2. The van der Waals surface area contributed by atoms with Gasteiger partial charge in [-0.1, -0.05) is 18.6 Å². The molecule has 0 bridgehead atoms. The number of hydrogen-bond donors (Lipinski definition) is 1. The Morgan fingerprint density at radius 3 is 2.29 bits per heavy atom. The van der Waals surface area contributed by atoms with Gasteiger partial charge in [-0.25, -0.2) is 8.78 Å². The molecule has 0 aromatic heterocycles. The Hall–Kier alpha value is -3.21. The number of carbonyl (C=O) groups excluding carboxylic acids is 2. The van der Waals surface area contributed by atoms with Gasteiger partial charge in [0, 0.05) is 30.3 Å². The Kier molecular flexibility index (Phi) is 8.27. The van der Waals surface area contributed by atoms with Crippen LogP contribution < -0.4 is 10.5 Å². The average molecular weight is 580 g/mol. The quantitative estimate of drug-likeness (QED) is 0.417. The molecule has 5 rings (SSSR count). The van der Waals surface area contributed by atoms with Crippen molar-refractivity contribution < 1.29 is 36.3 Å². The molecule has 0 radical (unpaired) electrons. The second-order valence-electron chi connectivity index (χ2n) is 11.5. The number of piperidine rings is 1. The molecule has 11 heteroatoms. The molecule has 2 aromatic carbocycles. The molecule has 2 aromatic rings. The van der Waals surface area contributed by atoms with E-state index >= 15 is 4.39 Å². The summed E-state index contributed by atoms with van der Waals surface area (Å²) >= 11 is 0. The van der Waals surface area contributed by atoms with E-state index in [-0.39, 0.29) is 54.3 Å². The van der Waals surface area contributed by atoms with Crippen molar-refractivity contribution in [1.82, 2.24) is 9.80 Å². The Labute approximate surface area is 235 Å². The van der Waals surface area contributed by atoms with Gasteiger partial charge >= 0.3 is 6.18 Å². The van der Waals surface area contributed by atoms with Gasteiger partial charge < -0.3 is 20.3 Å². The minimum Gasteiger partial charge on any atom is -0.493 e. The molecule has 2 aliphatic heterocycles. The summed E-state index contributed by atoms with van der Waals surface area (Å²) in [6, 6.07) is 7.24. The molecule has 1 saturated carbocycles. The number of alkyl halides is 3. The molecule has 41 heavy (non-hydrogen) atoms. The molecule has 2 saturated heterocycles. The van der Waals surface area contributed by atoms with Crippen LogP contribution in [0.4, 0.5) is 22.0 Å². The highest BCUT2D eigenvalue weighted by atomic mass is 19.4. The van der Waals surface area contributed by atoms with Crippen LogP contribution in [-0.2, 0) is 4.79 Å². The lowest BCUT2D eigenvalue weighted by molar-refractivity contribution is -0.256. The van der Waals surface area contributed by atoms with Gasteiger partial charge in [0.15, 0.2) is 0 Å². The monoisotopic (exact) mass is 579 g/mol. The first-order valence-electron chi connectivity index (χ1n) is 14.1. The van der Waals surface area contributed by atoms with E-state index in [1.807, 2.05) is 4.90 Å². The fourth-order valence-electron chi connectivity index (χ4n) is 6.31. The zero-order valence-corrected chi connectivity index (χ0v) is 22.7. The van der Waals surface area contributed by atoms with E-state index in [4.69, 9.17) is 10.5 Å². The smallest absolute Gasteiger partial charge is 0.395 e. The van der Waals surface area contributed by atoms with Crippen LogP contribution >= 0.6 is 0 Å². The first kappa shape index (κ1) is 29.3. The predicted molar refractivity (Wildman–Crippen MR) is 142 cm³/mol. The standard InChI is InChI=1S/C30H34F5N3O3/c31-23-5-1-4-22(26(23)28(40)38-13-2-6-25(38)27(36)39)21-8-7-20(16-24(21)32)41-17-19-9-14-37(15-10-19)18-29(11-3-12-29)30(33,34)35/h1,4-5,7-8,16,19,25H,2-3,6,9-15,17-18H2,(H2,36,39)/t25-/m0/s1. The lowest BCUT2D eigenvalue weighted by atomic mass is 9.67. The van der Waals surface area contributed by atoms with Crippen molar-refractivity contribution in [3.05, 3.63) is 53.6 Å². The number of likely N-dealkylation sites (tertiary alicyclic amines) is 2. The van der Waals surface area contributed by atoms with Crippen LogP contribution in [-0.4, -0.2) is 66.6 Å². The lowest BCUT2D eigenvalue weighted by Crippen LogP contribution is -2.53. The van der Waals surface area contributed by atoms with Crippen LogP contribution in [0.2, 0.25) is 0 Å². The Morgan fingerprint density at radius 1 is 0.951 bits per heavy atom. The van der Waals surface area contributed by atoms with Gasteiger partial charge in [-0.3, -0.25) is 9.59 Å². The molecule has 2 amide bonds. The second-order valence-corrected chi connectivity index (χ2v) is 11.5. The van der Waals surface area contributed by atoms with Gasteiger partial charge in [0.2, 0.25) is 5.91 Å². The van der Waals surface area contributed by atoms with Crippen LogP contribution in [0.15, 0.2) is 36.4 Å². The van der Waals surface area contributed by atoms with E-state index in [1.54, 1.807) is 6.07 Å². The molecule has 1 aliphatic carbocycles. The number of primary amides is 1. The summed E-state index contributed by atoms with van der Waals surface area (Å²) < 4.78 is 76.7. The van der Waals surface area contributed by atoms with Gasteiger partial charge in [0.25, 0.3) is 5.91 Å². The number of halogens is 5. The van der Waals surface area contributed by atoms with Crippen molar-refractivity contribution in [3.63, 3.8) is 0 Å². The number of nitrogens with zero attached hydrogens (tertiary/aromatic N) is 2. The van der Waals surface area contributed by atoms with Crippen LogP contribution in [0.25, 0.3) is 11.1 Å². The van der Waals surface area contributed by atoms with Crippen molar-refractivity contribution in [1.29, 1.82) is 0 Å². The summed E-state index contributed by atoms with van der Waals surface area (Å²) in [5, 5.41) is 0. The number of nitrogens with two attached hydrogens (primary N) is 1. The molecule has 222 valence electrons. The maximum absolute atomic E-state index is 15.3. The third-order valence-corrected chi connectivity index (χ3v) is 8.93. The molecule has 6 nitrogen and oxygen atoms in total. The van der Waals surface area contributed by atoms with Crippen molar-refractivity contribution in [2.75, 3.05) is 32.8 Å². The number of carbonyl (C=O) groups is 2. The van der Waals surface area contributed by atoms with E-state index in [0.29, 0.717) is 51.8 Å². The molecular weight excluding hydrogens is 545 g/mol. The van der Waals surface area contributed by atoms with Crippen LogP contribution in [0, 0.1) is 23.0 Å². The number of amides is 2. The normalized spacial score (nSPS) is 21.5. The number of hydrogen-bond acceptors (Lipinski definition) is 4. The Balaban J connectivity index is 1.22. The number of ether oxygens (including phenoxy) is 1. The first-order valence-corrected chi connectivity index (χ1v) is 14.1. The summed E-state index contributed by atoms with van der Waals surface area (Å²) in [5.41, 5.74) is 3.60. The SMILES string of the molecule is NC(=O)[C@@H]1CCCN1C(=O)c1c(F)cccc1-c1ccc(OCC2CCN(CC3(C(F)(F)F)CCC3)CC2)cc1F. The molecule has 0 unspecified atom stereocenters. The van der Waals surface area contributed by atoms with E-state index < -0.39 is 41.1 Å². The summed E-state index contributed by atoms with van der Waals surface area (Å²) in [6.07, 6.45) is -0.865. The Morgan fingerprint density at radius 2 is 1.68 bits per heavy atom. The van der Waals surface area contributed by atoms with E-state index in [9.17, 15) is 27.2 Å². The molecule has 2 heterocycles. The second kappa shape index (κ2) is 11.6. The van der Waals surface area contributed by atoms with E-state index in [2.05, 4.69) is 0 Å². The minimum absolute atomic E-state index is 0.0120. The van der Waals surface area contributed by atoms with Crippen molar-refractivity contribution in [3.8, 4) is 16.9 Å². The maximum Gasteiger partial charge on any atom is 0.395 e. The topological polar surface area (TPSA) is 75.9 Å². The van der Waals surface area contributed by atoms with Crippen molar-refractivity contribution >= 4 is 11.8 Å². The van der Waals surface area contributed by atoms with Crippen LogP contribution in [0.3, 0.4) is 0 Å². The van der Waals surface area contributed by atoms with Gasteiger partial charge in [-0.2, -0.15) is 13.2 Å². The van der Waals surface area contributed by atoms with E-state index in [1.165, 1.54) is 29.2 Å². The van der Waals surface area contributed by atoms with Gasteiger partial charge in [-0.05, 0) is 75.7 Å². The Bertz CT molecular complexity index is 1290. The number of rotatable bonds is 8. The zero-order valence-electron chi connectivity index (χ0n) is 22.7. The van der Waals surface area contributed by atoms with Gasteiger partial charge in [0.05, 0.1) is 17.6 Å². The van der Waals surface area contributed by atoms with Crippen LogP contribution in [0.1, 0.15) is 55.3 Å². The van der Waals surface area contributed by atoms with Gasteiger partial charge in [0.1, 0.15) is 23.4 Å². The average Bonchev–Trinajstić information content (AvgIpc) is 3.40. The van der Waals surface area contributed by atoms with Crippen molar-refractivity contribution in [2.24, 2.45) is 17.1 Å².